The van der Waals surface area contributed by atoms with Gasteiger partial charge in [0.05, 0.1) is 17.3 Å². The number of carbonyl (C=O) groups is 8. The van der Waals surface area contributed by atoms with Crippen LogP contribution >= 0.6 is 11.6 Å². The maximum absolute atomic E-state index is 14.8. The van der Waals surface area contributed by atoms with Gasteiger partial charge in [0.15, 0.2) is 0 Å². The first-order chi connectivity index (χ1) is 29.2. The second-order valence-electron chi connectivity index (χ2n) is 15.9. The van der Waals surface area contributed by atoms with Crippen molar-refractivity contribution in [3.05, 3.63) is 47.5 Å². The Morgan fingerprint density at radius 1 is 0.903 bits per heavy atom. The number of ketones is 1. The number of benzene rings is 1. The molecule has 1 fully saturated rings. The molecule has 5 atom stereocenters. The lowest BCUT2D eigenvalue weighted by atomic mass is 9.84. The Morgan fingerprint density at radius 2 is 1.58 bits per heavy atom. The molecule has 1 aliphatic rings. The van der Waals surface area contributed by atoms with Crippen LogP contribution < -0.4 is 32.3 Å². The molecular formula is C41H58ClN9O10S. The Morgan fingerprint density at radius 3 is 2.15 bits per heavy atom. The second-order valence-corrected chi connectivity index (χ2v) is 18.1. The summed E-state index contributed by atoms with van der Waals surface area (Å²) in [6, 6.07) is -1.94. The van der Waals surface area contributed by atoms with Crippen molar-refractivity contribution in [2.75, 3.05) is 11.9 Å². The van der Waals surface area contributed by atoms with E-state index in [1.165, 1.54) is 38.5 Å². The fraction of sp³-hybridized carbons (Fsp3) is 0.561. The molecule has 7 N–H and O–H groups in total. The van der Waals surface area contributed by atoms with Gasteiger partial charge in [-0.15, -0.1) is 0 Å². The molecule has 0 aliphatic heterocycles. The summed E-state index contributed by atoms with van der Waals surface area (Å²) in [5.74, 6) is -8.71. The predicted molar refractivity (Wildman–Crippen MR) is 228 cm³/mol. The van der Waals surface area contributed by atoms with E-state index in [4.69, 9.17) is 17.3 Å². The number of imide groups is 1. The summed E-state index contributed by atoms with van der Waals surface area (Å²) in [5.41, 5.74) is 5.77. The number of nitrogens with two attached hydrogens (primary N) is 1. The molecule has 1 aliphatic carbocycles. The van der Waals surface area contributed by atoms with E-state index in [1.807, 2.05) is 13.8 Å². The summed E-state index contributed by atoms with van der Waals surface area (Å²) < 4.78 is 29.1. The Bertz CT molecular complexity index is 2070. The molecule has 3 rings (SSSR count). The van der Waals surface area contributed by atoms with Gasteiger partial charge in [-0.3, -0.25) is 48.7 Å². The van der Waals surface area contributed by atoms with Crippen molar-refractivity contribution in [2.24, 2.45) is 23.5 Å². The third kappa shape index (κ3) is 14.6. The Balaban J connectivity index is 2.07. The normalized spacial score (nSPS) is 15.5. The highest BCUT2D eigenvalue weighted by Crippen LogP contribution is 2.31. The number of carbonyl (C=O) groups excluding carboxylic acids is 8. The van der Waals surface area contributed by atoms with Crippen LogP contribution in [0.2, 0.25) is 5.02 Å². The van der Waals surface area contributed by atoms with Gasteiger partial charge in [-0.05, 0) is 55.2 Å². The molecule has 0 bridgehead atoms. The molecule has 7 amide bonds. The molecule has 340 valence electrons. The van der Waals surface area contributed by atoms with Crippen LogP contribution in [0.3, 0.4) is 0 Å². The number of amides is 7. The number of halogens is 1. The number of nitrogens with one attached hydrogen (secondary N) is 5. The van der Waals surface area contributed by atoms with E-state index < -0.39 is 104 Å². The Kier molecular flexibility index (Phi) is 19.5. The van der Waals surface area contributed by atoms with Gasteiger partial charge in [0.1, 0.15) is 35.3 Å². The number of hydrogen-bond acceptors (Lipinski definition) is 13. The molecule has 21 heteroatoms. The van der Waals surface area contributed by atoms with Crippen LogP contribution in [0, 0.1) is 17.8 Å². The standard InChI is InChI=1S/C41H58ClN9O10S/c1-7-24(5)35(50-37(55)30(18-23(3)4)47-38(56)32-21-44-16-17-45-32)39(57)48-31(19-26-12-10-9-11-13-26)41(59)51(22-34(53)49-40(58)36(54)29(43)8-2)62(60,61)33-15-14-27(20-28(33)42)46-25(6)52/h14-17,20-21,23-24,26,29-31,35H,7-13,18-19,22,43H2,1-6H3,(H,46,52)(H,47,56)(H,48,57)(H,50,55)(H,49,53,58)/t24-,29-,30-,31-,35-/m0/s1. The smallest absolute Gasteiger partial charge is 0.295 e. The van der Waals surface area contributed by atoms with E-state index in [9.17, 15) is 46.8 Å². The number of rotatable bonds is 21. The Labute approximate surface area is 366 Å². The maximum Gasteiger partial charge on any atom is 0.295 e. The molecule has 1 heterocycles. The largest absolute Gasteiger partial charge is 0.342 e. The van der Waals surface area contributed by atoms with E-state index in [1.54, 1.807) is 19.2 Å². The minimum atomic E-state index is -5.10. The quantitative estimate of drug-likeness (QED) is 0.0983. The number of sulfonamides is 1. The van der Waals surface area contributed by atoms with Crippen LogP contribution in [-0.2, 0) is 43.6 Å². The molecule has 1 aromatic heterocycles. The number of Topliss-reactive ketones (excluding diaryl/α,β-unsaturated/α-hetero) is 1. The van der Waals surface area contributed by atoms with Gasteiger partial charge in [-0.1, -0.05) is 84.7 Å². The molecular weight excluding hydrogens is 846 g/mol. The van der Waals surface area contributed by atoms with Gasteiger partial charge >= 0.3 is 0 Å². The predicted octanol–water partition coefficient (Wildman–Crippen LogP) is 2.39. The number of anilines is 1. The first-order valence-corrected chi connectivity index (χ1v) is 22.5. The SMILES string of the molecule is CC[C@H](N)C(=O)C(=O)NC(=O)CN(C(=O)[C@H](CC1CCCCC1)NC(=O)[C@@H](NC(=O)[C@H](CC(C)C)NC(=O)c1cnccn1)[C@@H](C)CC)S(=O)(=O)c1ccc(NC(C)=O)cc1Cl. The minimum Gasteiger partial charge on any atom is -0.342 e. The van der Waals surface area contributed by atoms with Gasteiger partial charge < -0.3 is 27.0 Å². The van der Waals surface area contributed by atoms with Gasteiger partial charge in [0, 0.05) is 25.0 Å². The molecule has 0 unspecified atom stereocenters. The molecule has 19 nitrogen and oxygen atoms in total. The summed E-state index contributed by atoms with van der Waals surface area (Å²) in [7, 11) is -5.10. The average molecular weight is 904 g/mol. The van der Waals surface area contributed by atoms with Crippen LogP contribution in [0.25, 0.3) is 0 Å². The number of hydrogen-bond donors (Lipinski definition) is 6. The van der Waals surface area contributed by atoms with Crippen molar-refractivity contribution in [2.45, 2.75) is 128 Å². The average Bonchev–Trinajstić information content (AvgIpc) is 3.23. The first kappa shape index (κ1) is 51.0. The van der Waals surface area contributed by atoms with E-state index >= 15 is 0 Å². The summed E-state index contributed by atoms with van der Waals surface area (Å²) in [4.78, 5) is 114. The van der Waals surface area contributed by atoms with Gasteiger partial charge in [-0.2, -0.15) is 0 Å². The highest BCUT2D eigenvalue weighted by Gasteiger charge is 2.41. The lowest BCUT2D eigenvalue weighted by molar-refractivity contribution is -0.142. The lowest BCUT2D eigenvalue weighted by Crippen LogP contribution is -2.60. The van der Waals surface area contributed by atoms with Gasteiger partial charge in [0.2, 0.25) is 29.4 Å². The first-order valence-electron chi connectivity index (χ1n) is 20.6. The van der Waals surface area contributed by atoms with Crippen molar-refractivity contribution < 1.29 is 46.8 Å². The highest BCUT2D eigenvalue weighted by atomic mass is 35.5. The fourth-order valence-corrected chi connectivity index (χ4v) is 8.73. The van der Waals surface area contributed by atoms with Crippen molar-refractivity contribution in [3.63, 3.8) is 0 Å². The summed E-state index contributed by atoms with van der Waals surface area (Å²) in [6.45, 7) is 8.58. The summed E-state index contributed by atoms with van der Waals surface area (Å²) in [6.07, 6.45) is 8.30. The van der Waals surface area contributed by atoms with E-state index in [0.717, 1.165) is 31.4 Å². The zero-order valence-corrected chi connectivity index (χ0v) is 37.4. The van der Waals surface area contributed by atoms with Gasteiger partial charge in [-0.25, -0.2) is 17.7 Å². The van der Waals surface area contributed by atoms with E-state index in [2.05, 4.69) is 31.2 Å². The van der Waals surface area contributed by atoms with Crippen LogP contribution in [0.5, 0.6) is 0 Å². The molecule has 0 saturated heterocycles. The van der Waals surface area contributed by atoms with Crippen molar-refractivity contribution in [3.8, 4) is 0 Å². The number of aromatic nitrogens is 2. The third-order valence-corrected chi connectivity index (χ3v) is 12.7. The summed E-state index contributed by atoms with van der Waals surface area (Å²) >= 11 is 6.42. The van der Waals surface area contributed by atoms with Crippen LogP contribution in [-0.4, -0.2) is 101 Å². The van der Waals surface area contributed by atoms with Gasteiger partial charge in [0.25, 0.3) is 27.7 Å². The van der Waals surface area contributed by atoms with Crippen LogP contribution in [0.1, 0.15) is 110 Å². The maximum atomic E-state index is 14.8. The zero-order chi connectivity index (χ0) is 46.3. The number of nitrogens with zero attached hydrogens (tertiary/aromatic N) is 3. The molecule has 62 heavy (non-hydrogen) atoms. The van der Waals surface area contributed by atoms with Crippen LogP contribution in [0.4, 0.5) is 5.69 Å². The van der Waals surface area contributed by atoms with Crippen molar-refractivity contribution >= 4 is 74.4 Å². The Hall–Kier alpha value is -5.34. The second kappa shape index (κ2) is 23.8. The topological polar surface area (TPSA) is 286 Å². The van der Waals surface area contributed by atoms with Crippen molar-refractivity contribution in [1.82, 2.24) is 35.5 Å². The minimum absolute atomic E-state index is 0.0343. The van der Waals surface area contributed by atoms with E-state index in [0.29, 0.717) is 19.3 Å². The van der Waals surface area contributed by atoms with E-state index in [-0.39, 0.29) is 46.8 Å². The molecule has 1 saturated carbocycles. The highest BCUT2D eigenvalue weighted by molar-refractivity contribution is 7.89. The van der Waals surface area contributed by atoms with Crippen molar-refractivity contribution in [1.29, 1.82) is 0 Å². The summed E-state index contributed by atoms with van der Waals surface area (Å²) in [5, 5.41) is 11.9. The zero-order valence-electron chi connectivity index (χ0n) is 35.9. The third-order valence-electron chi connectivity index (χ3n) is 10.4. The molecule has 0 spiro atoms. The monoisotopic (exact) mass is 903 g/mol. The molecule has 2 aromatic rings. The molecule has 0 radical (unpaired) electrons. The van der Waals surface area contributed by atoms with Crippen LogP contribution in [0.15, 0.2) is 41.7 Å². The lowest BCUT2D eigenvalue weighted by Gasteiger charge is -2.33. The fourth-order valence-electron chi connectivity index (χ4n) is 6.82. The molecule has 1 aromatic carbocycles.